The van der Waals surface area contributed by atoms with Crippen LogP contribution in [-0.4, -0.2) is 57.4 Å². The van der Waals surface area contributed by atoms with Crippen LogP contribution < -0.4 is 10.0 Å². The number of amides is 1. The van der Waals surface area contributed by atoms with E-state index in [1.165, 1.54) is 12.1 Å². The van der Waals surface area contributed by atoms with Crippen molar-refractivity contribution in [3.63, 3.8) is 0 Å². The van der Waals surface area contributed by atoms with Crippen molar-refractivity contribution in [2.75, 3.05) is 22.8 Å². The third-order valence-corrected chi connectivity index (χ3v) is 8.83. The number of nitrogens with zero attached hydrogens (tertiary/aromatic N) is 2. The Hall–Kier alpha value is -3.38. The van der Waals surface area contributed by atoms with Crippen molar-refractivity contribution in [1.82, 2.24) is 4.90 Å². The molecule has 0 aromatic heterocycles. The van der Waals surface area contributed by atoms with Gasteiger partial charge in [0, 0.05) is 18.3 Å². The molecule has 12 heteroatoms. The molecule has 0 spiro atoms. The van der Waals surface area contributed by atoms with Gasteiger partial charge in [0.2, 0.25) is 10.0 Å². The predicted octanol–water partition coefficient (Wildman–Crippen LogP) is 2.74. The van der Waals surface area contributed by atoms with E-state index >= 15 is 0 Å². The van der Waals surface area contributed by atoms with Gasteiger partial charge in [0.15, 0.2) is 5.84 Å². The fourth-order valence-electron chi connectivity index (χ4n) is 4.79. The summed E-state index contributed by atoms with van der Waals surface area (Å²) in [4.78, 5) is 15.1. The number of carbonyl (C=O) groups is 1. The minimum atomic E-state index is -4.32. The van der Waals surface area contributed by atoms with Gasteiger partial charge in [-0.25, -0.2) is 8.42 Å². The van der Waals surface area contributed by atoms with Crippen LogP contribution in [0.2, 0.25) is 0 Å². The zero-order valence-electron chi connectivity index (χ0n) is 19.7. The minimum absolute atomic E-state index is 0.00125. The van der Waals surface area contributed by atoms with Gasteiger partial charge in [0.1, 0.15) is 16.2 Å². The van der Waals surface area contributed by atoms with Crippen molar-refractivity contribution in [1.29, 1.82) is 0 Å². The van der Waals surface area contributed by atoms with E-state index in [1.807, 2.05) is 37.3 Å². The number of amidine groups is 1. The maximum atomic E-state index is 13.6. The van der Waals surface area contributed by atoms with Gasteiger partial charge in [-0.05, 0) is 49.9 Å². The van der Waals surface area contributed by atoms with E-state index in [2.05, 4.69) is 14.4 Å². The van der Waals surface area contributed by atoms with Crippen LogP contribution in [0.25, 0.3) is 0 Å². The zero-order chi connectivity index (χ0) is 25.9. The Bertz CT molecular complexity index is 1530. The number of sulfonamides is 2. The lowest BCUT2D eigenvalue weighted by atomic mass is 9.74. The van der Waals surface area contributed by atoms with Crippen molar-refractivity contribution in [3.8, 4) is 0 Å². The Labute approximate surface area is 209 Å². The van der Waals surface area contributed by atoms with Crippen molar-refractivity contribution < 1.29 is 26.7 Å². The van der Waals surface area contributed by atoms with E-state index < -0.39 is 31.4 Å². The first kappa shape index (κ1) is 24.3. The average molecular weight is 531 g/mol. The standard InChI is InChI=1S/C24H26N4O6S2/c1-24(15-7-4-3-5-8-15)14-28(17-9-6-10-17)23(30)20(21(24)29)22-25-18-12-11-16(26-35(2,31)32)13-19(18)36(33,34)27-22/h3-5,7-8,11-13,17,26,29H,6,9-10,14H2,1-2H3,(H,25,27). The van der Waals surface area contributed by atoms with E-state index in [0.29, 0.717) is 0 Å². The Kier molecular flexibility index (Phi) is 5.63. The lowest BCUT2D eigenvalue weighted by molar-refractivity contribution is -0.133. The number of aliphatic hydroxyl groups is 1. The maximum absolute atomic E-state index is 13.6. The van der Waals surface area contributed by atoms with Gasteiger partial charge >= 0.3 is 0 Å². The van der Waals surface area contributed by atoms with Crippen LogP contribution in [0.15, 0.2) is 69.2 Å². The number of carbonyl (C=O) groups excluding carboxylic acids is 1. The SMILES string of the molecule is CC1(c2ccccc2)CN(C2CCC2)C(=O)C(C2=NS(=O)(=O)c3cc(NS(C)(=O)=O)ccc3N2)=C1O. The van der Waals surface area contributed by atoms with Gasteiger partial charge in [-0.1, -0.05) is 30.3 Å². The molecule has 10 nitrogen and oxygen atoms in total. The Balaban J connectivity index is 1.63. The minimum Gasteiger partial charge on any atom is -0.510 e. The topological polar surface area (TPSA) is 145 Å². The Morgan fingerprint density at radius 3 is 2.47 bits per heavy atom. The largest absolute Gasteiger partial charge is 0.510 e. The molecule has 3 N–H and O–H groups in total. The number of hydrogen-bond donors (Lipinski definition) is 3. The van der Waals surface area contributed by atoms with Gasteiger partial charge < -0.3 is 15.3 Å². The summed E-state index contributed by atoms with van der Waals surface area (Å²) < 4.78 is 55.5. The highest BCUT2D eigenvalue weighted by Gasteiger charge is 2.48. The normalized spacial score (nSPS) is 23.9. The second-order valence-corrected chi connectivity index (χ2v) is 12.9. The van der Waals surface area contributed by atoms with Crippen LogP contribution >= 0.6 is 0 Å². The van der Waals surface area contributed by atoms with Crippen molar-refractivity contribution >= 4 is 43.2 Å². The third kappa shape index (κ3) is 4.13. The first-order chi connectivity index (χ1) is 16.9. The van der Waals surface area contributed by atoms with Crippen LogP contribution in [0, 0.1) is 0 Å². The molecule has 2 heterocycles. The molecule has 1 unspecified atom stereocenters. The summed E-state index contributed by atoms with van der Waals surface area (Å²) in [5.41, 5.74) is -0.198. The molecule has 2 aromatic rings. The molecule has 2 aromatic carbocycles. The van der Waals surface area contributed by atoms with E-state index in [4.69, 9.17) is 0 Å². The van der Waals surface area contributed by atoms with Gasteiger partial charge in [-0.2, -0.15) is 8.42 Å². The first-order valence-corrected chi connectivity index (χ1v) is 14.8. The molecule has 1 aliphatic carbocycles. The van der Waals surface area contributed by atoms with Gasteiger partial charge in [-0.15, -0.1) is 4.40 Å². The van der Waals surface area contributed by atoms with E-state index in [0.717, 1.165) is 37.1 Å². The molecule has 2 aliphatic heterocycles. The second kappa shape index (κ2) is 8.34. The molecule has 190 valence electrons. The van der Waals surface area contributed by atoms with Gasteiger partial charge in [-0.3, -0.25) is 9.52 Å². The lowest BCUT2D eigenvalue weighted by Gasteiger charge is -2.47. The molecule has 0 bridgehead atoms. The third-order valence-electron chi connectivity index (χ3n) is 6.91. The van der Waals surface area contributed by atoms with Crippen LogP contribution in [0.3, 0.4) is 0 Å². The molecular weight excluding hydrogens is 504 g/mol. The van der Waals surface area contributed by atoms with Crippen molar-refractivity contribution in [3.05, 3.63) is 65.4 Å². The van der Waals surface area contributed by atoms with Gasteiger partial charge in [0.05, 0.1) is 17.4 Å². The zero-order valence-corrected chi connectivity index (χ0v) is 21.4. The molecule has 0 radical (unpaired) electrons. The fraction of sp³-hybridized carbons (Fsp3) is 0.333. The molecule has 36 heavy (non-hydrogen) atoms. The maximum Gasteiger partial charge on any atom is 0.286 e. The monoisotopic (exact) mass is 530 g/mol. The van der Waals surface area contributed by atoms with Crippen molar-refractivity contribution in [2.45, 2.75) is 42.5 Å². The van der Waals surface area contributed by atoms with Crippen LogP contribution in [0.4, 0.5) is 11.4 Å². The molecule has 1 atom stereocenters. The summed E-state index contributed by atoms with van der Waals surface area (Å²) in [6, 6.07) is 13.2. The summed E-state index contributed by atoms with van der Waals surface area (Å²) in [7, 11) is -7.95. The quantitative estimate of drug-likeness (QED) is 0.539. The Morgan fingerprint density at radius 1 is 1.17 bits per heavy atom. The summed E-state index contributed by atoms with van der Waals surface area (Å²) in [5, 5.41) is 14.4. The highest BCUT2D eigenvalue weighted by Crippen LogP contribution is 2.42. The number of anilines is 2. The second-order valence-electron chi connectivity index (χ2n) is 9.56. The summed E-state index contributed by atoms with van der Waals surface area (Å²) in [5.74, 6) is -1.000. The molecule has 0 saturated heterocycles. The van der Waals surface area contributed by atoms with E-state index in [9.17, 15) is 26.7 Å². The molecular formula is C24H26N4O6S2. The van der Waals surface area contributed by atoms with E-state index in [1.54, 1.807) is 4.90 Å². The summed E-state index contributed by atoms with van der Waals surface area (Å²) >= 11 is 0. The molecule has 3 aliphatic rings. The number of rotatable bonds is 5. The molecule has 5 rings (SSSR count). The lowest BCUT2D eigenvalue weighted by Crippen LogP contribution is -2.56. The van der Waals surface area contributed by atoms with Crippen LogP contribution in [-0.2, 0) is 30.3 Å². The summed E-state index contributed by atoms with van der Waals surface area (Å²) in [6.45, 7) is 2.08. The number of benzene rings is 2. The van der Waals surface area contributed by atoms with Crippen LogP contribution in [0.1, 0.15) is 31.7 Å². The number of fused-ring (bicyclic) bond motifs is 1. The number of nitrogens with one attached hydrogen (secondary N) is 2. The van der Waals surface area contributed by atoms with E-state index in [-0.39, 0.29) is 46.0 Å². The van der Waals surface area contributed by atoms with Crippen molar-refractivity contribution in [2.24, 2.45) is 4.40 Å². The average Bonchev–Trinajstić information content (AvgIpc) is 2.76. The fourth-order valence-corrected chi connectivity index (χ4v) is 6.50. The predicted molar refractivity (Wildman–Crippen MR) is 136 cm³/mol. The molecule has 1 saturated carbocycles. The van der Waals surface area contributed by atoms with Crippen LogP contribution in [0.5, 0.6) is 0 Å². The first-order valence-electron chi connectivity index (χ1n) is 11.4. The number of aliphatic hydroxyl groups excluding tert-OH is 1. The molecule has 1 amide bonds. The smallest absolute Gasteiger partial charge is 0.286 e. The number of hydrogen-bond acceptors (Lipinski definition) is 7. The molecule has 1 fully saturated rings. The highest BCUT2D eigenvalue weighted by molar-refractivity contribution is 7.92. The van der Waals surface area contributed by atoms with Gasteiger partial charge in [0.25, 0.3) is 15.9 Å². The summed E-state index contributed by atoms with van der Waals surface area (Å²) in [6.07, 6.45) is 3.62. The highest BCUT2D eigenvalue weighted by atomic mass is 32.2. The Morgan fingerprint density at radius 2 is 1.86 bits per heavy atom.